The molecule has 0 bridgehead atoms. The second-order valence-corrected chi connectivity index (χ2v) is 20.3. The molecule has 9 rings (SSSR count). The van der Waals surface area contributed by atoms with E-state index in [9.17, 15) is 14.3 Å². The van der Waals surface area contributed by atoms with E-state index in [2.05, 4.69) is 85.9 Å². The van der Waals surface area contributed by atoms with Gasteiger partial charge in [0.15, 0.2) is 30.2 Å². The van der Waals surface area contributed by atoms with Crippen molar-refractivity contribution in [3.05, 3.63) is 129 Å². The maximum absolute atomic E-state index is 14.0. The fraction of sp³-hybridized carbons (Fsp3) is 0.295. The van der Waals surface area contributed by atoms with Crippen LogP contribution in [0.15, 0.2) is 96.0 Å². The number of allylic oxidation sites excluding steroid dienone is 5. The molecule has 2 saturated heterocycles. The van der Waals surface area contributed by atoms with Crippen LogP contribution in [0, 0.1) is 5.92 Å². The Labute approximate surface area is 326 Å². The first-order chi connectivity index (χ1) is 27.0. The molecule has 2 aromatic heterocycles. The SMILES string of the molecule is CC1C[N+](=C2C=CC3=C(c4cc(C(=O)CCc5ccc(COc6nc(N)nc7nc[nH]c67)cc5)ccc4CO)c4ccc(N5CC(F)C5)cc4[Si](C)(C)C3=C2)C1. The average molecular weight is 767 g/mol. The number of H-pyrrole nitrogens is 1. The highest BCUT2D eigenvalue weighted by molar-refractivity contribution is 6.98. The molecule has 5 aromatic rings. The maximum Gasteiger partial charge on any atom is 0.245 e. The number of nitrogen functional groups attached to an aromatic ring is 1. The number of halogens is 1. The number of nitrogens with one attached hydrogen (secondary N) is 1. The van der Waals surface area contributed by atoms with Crippen LogP contribution in [0.2, 0.25) is 13.1 Å². The average Bonchev–Trinajstić information content (AvgIpc) is 3.65. The minimum absolute atomic E-state index is 0.0378. The van der Waals surface area contributed by atoms with Crippen LogP contribution in [0.3, 0.4) is 0 Å². The molecule has 5 heterocycles. The molecule has 1 aliphatic carbocycles. The summed E-state index contributed by atoms with van der Waals surface area (Å²) in [5, 5.41) is 13.3. The van der Waals surface area contributed by atoms with Crippen molar-refractivity contribution in [1.82, 2.24) is 19.9 Å². The lowest BCUT2D eigenvalue weighted by molar-refractivity contribution is -0.601. The summed E-state index contributed by atoms with van der Waals surface area (Å²) in [5.41, 5.74) is 16.7. The second-order valence-electron chi connectivity index (χ2n) is 16.0. The van der Waals surface area contributed by atoms with Crippen LogP contribution in [0.25, 0.3) is 16.7 Å². The van der Waals surface area contributed by atoms with Crippen molar-refractivity contribution in [2.24, 2.45) is 5.92 Å². The molecule has 284 valence electrons. The molecular weight excluding hydrogens is 722 g/mol. The number of Topliss-reactive ketones (excluding diaryl/α,β-unsaturated/α-hetero) is 1. The number of nitrogens with two attached hydrogens (primary N) is 1. The molecule has 0 spiro atoms. The number of aromatic amines is 1. The lowest BCUT2D eigenvalue weighted by Crippen LogP contribution is -2.52. The van der Waals surface area contributed by atoms with Gasteiger partial charge in [-0.25, -0.2) is 13.9 Å². The highest BCUT2D eigenvalue weighted by Crippen LogP contribution is 2.43. The number of anilines is 2. The number of benzene rings is 3. The number of aryl methyl sites for hydroxylation is 1. The van der Waals surface area contributed by atoms with Crippen molar-refractivity contribution in [1.29, 1.82) is 0 Å². The van der Waals surface area contributed by atoms with E-state index in [0.717, 1.165) is 57.7 Å². The summed E-state index contributed by atoms with van der Waals surface area (Å²) in [6.07, 6.45) is 8.51. The van der Waals surface area contributed by atoms with Crippen molar-refractivity contribution >= 4 is 53.1 Å². The van der Waals surface area contributed by atoms with Gasteiger partial charge < -0.3 is 25.5 Å². The third-order valence-corrected chi connectivity index (χ3v) is 15.2. The van der Waals surface area contributed by atoms with Crippen molar-refractivity contribution in [2.45, 2.75) is 52.2 Å². The molecule has 0 radical (unpaired) electrons. The van der Waals surface area contributed by atoms with Gasteiger partial charge in [0.1, 0.15) is 26.4 Å². The maximum atomic E-state index is 14.0. The summed E-state index contributed by atoms with van der Waals surface area (Å²) in [4.78, 5) is 31.4. The molecule has 0 amide bonds. The van der Waals surface area contributed by atoms with E-state index >= 15 is 0 Å². The van der Waals surface area contributed by atoms with Gasteiger partial charge in [-0.15, -0.1) is 0 Å². The second kappa shape index (κ2) is 14.1. The van der Waals surface area contributed by atoms with E-state index in [0.29, 0.717) is 54.5 Å². The number of aliphatic hydroxyl groups excluding tert-OH is 1. The van der Waals surface area contributed by atoms with Crippen LogP contribution < -0.4 is 20.6 Å². The summed E-state index contributed by atoms with van der Waals surface area (Å²) in [5.74, 6) is 1.15. The number of aromatic nitrogens is 4. The van der Waals surface area contributed by atoms with Gasteiger partial charge in [-0.2, -0.15) is 9.97 Å². The highest BCUT2D eigenvalue weighted by Gasteiger charge is 2.42. The van der Waals surface area contributed by atoms with Gasteiger partial charge in [-0.05, 0) is 80.0 Å². The Morgan fingerprint density at radius 2 is 1.82 bits per heavy atom. The molecule has 10 nitrogen and oxygen atoms in total. The van der Waals surface area contributed by atoms with Crippen LogP contribution in [0.5, 0.6) is 5.88 Å². The van der Waals surface area contributed by atoms with E-state index in [1.807, 2.05) is 42.5 Å². The summed E-state index contributed by atoms with van der Waals surface area (Å²) >= 11 is 0. The number of aliphatic hydroxyl groups is 1. The molecule has 3 aliphatic heterocycles. The number of hydrogen-bond donors (Lipinski definition) is 3. The Morgan fingerprint density at radius 3 is 2.57 bits per heavy atom. The largest absolute Gasteiger partial charge is 0.471 e. The van der Waals surface area contributed by atoms with Crippen molar-refractivity contribution in [3.8, 4) is 5.88 Å². The van der Waals surface area contributed by atoms with E-state index in [1.54, 1.807) is 0 Å². The van der Waals surface area contributed by atoms with Gasteiger partial charge in [0.2, 0.25) is 11.8 Å². The molecule has 12 heteroatoms. The quantitative estimate of drug-likeness (QED) is 0.0917. The molecule has 56 heavy (non-hydrogen) atoms. The van der Waals surface area contributed by atoms with Crippen molar-refractivity contribution in [3.63, 3.8) is 0 Å². The van der Waals surface area contributed by atoms with E-state index in [-0.39, 0.29) is 24.9 Å². The minimum Gasteiger partial charge on any atom is -0.471 e. The van der Waals surface area contributed by atoms with Crippen LogP contribution in [-0.4, -0.2) is 81.5 Å². The van der Waals surface area contributed by atoms with Crippen LogP contribution >= 0.6 is 0 Å². The Morgan fingerprint density at radius 1 is 1.04 bits per heavy atom. The third kappa shape index (κ3) is 6.46. The van der Waals surface area contributed by atoms with Gasteiger partial charge in [-0.1, -0.05) is 62.5 Å². The zero-order chi connectivity index (χ0) is 38.7. The number of imidazole rings is 1. The molecule has 2 fully saturated rings. The van der Waals surface area contributed by atoms with Gasteiger partial charge in [-0.3, -0.25) is 4.79 Å². The predicted octanol–water partition coefficient (Wildman–Crippen LogP) is 5.85. The Bertz CT molecular complexity index is 2520. The first-order valence-electron chi connectivity index (χ1n) is 19.3. The smallest absolute Gasteiger partial charge is 0.245 e. The van der Waals surface area contributed by atoms with E-state index < -0.39 is 14.2 Å². The fourth-order valence-electron chi connectivity index (χ4n) is 8.46. The van der Waals surface area contributed by atoms with Crippen molar-refractivity contribution < 1.29 is 23.6 Å². The number of carbonyl (C=O) groups excluding carboxylic acids is 1. The summed E-state index contributed by atoms with van der Waals surface area (Å²) in [6.45, 7) is 10.1. The monoisotopic (exact) mass is 766 g/mol. The Kier molecular flexibility index (Phi) is 9.05. The fourth-order valence-corrected chi connectivity index (χ4v) is 11.5. The molecule has 4 N–H and O–H groups in total. The summed E-state index contributed by atoms with van der Waals surface area (Å²) in [7, 11) is -2.24. The van der Waals surface area contributed by atoms with Gasteiger partial charge in [0, 0.05) is 29.8 Å². The number of fused-ring (bicyclic) bond motifs is 3. The highest BCUT2D eigenvalue weighted by atomic mass is 28.3. The van der Waals surface area contributed by atoms with Gasteiger partial charge in [0.25, 0.3) is 0 Å². The zero-order valence-corrected chi connectivity index (χ0v) is 32.8. The third-order valence-electron chi connectivity index (χ3n) is 11.7. The molecule has 3 aromatic carbocycles. The number of carbonyl (C=O) groups is 1. The van der Waals surface area contributed by atoms with Crippen LogP contribution in [-0.2, 0) is 19.6 Å². The number of hydrogen-bond acceptors (Lipinski definition) is 8. The summed E-state index contributed by atoms with van der Waals surface area (Å²) < 4.78 is 22.4. The van der Waals surface area contributed by atoms with E-state index in [1.165, 1.54) is 22.4 Å². The first kappa shape index (κ1) is 35.9. The molecule has 4 aliphatic rings. The van der Waals surface area contributed by atoms with E-state index in [4.69, 9.17) is 10.5 Å². The Hall–Kier alpha value is -5.72. The zero-order valence-electron chi connectivity index (χ0n) is 31.8. The molecule has 0 unspecified atom stereocenters. The number of rotatable bonds is 10. The minimum atomic E-state index is -2.24. The van der Waals surface area contributed by atoms with Crippen molar-refractivity contribution in [2.75, 3.05) is 36.8 Å². The molecule has 0 atom stereocenters. The topological polar surface area (TPSA) is 133 Å². The molecular formula is C44H45FN7O3Si+. The lowest BCUT2D eigenvalue weighted by Gasteiger charge is -2.41. The number of ketones is 1. The normalized spacial score (nSPS) is 18.7. The number of nitrogens with zero attached hydrogens (tertiary/aromatic N) is 5. The summed E-state index contributed by atoms with van der Waals surface area (Å²) in [6, 6.07) is 20.3. The van der Waals surface area contributed by atoms with Gasteiger partial charge in [0.05, 0.1) is 31.9 Å². The standard InChI is InChI=1S/C44H45FN7O3Si/c1-26-19-51(20-26)32-11-13-34-38(17-32)56(2,3)39-18-33(52-21-31(45)22-52)12-14-35(39)40(34)36-16-29(9-10-30(36)23-53)37(54)15-8-27-4-6-28(7-5-27)24-55-43-41-42(48-25-47-41)49-44(46)50-43/h4-7,9-14,16-18,25-26,31,53H,8,15,19-24H2,1-3H3,(H3,46,47,48,49,50)/q+1. The number of alkyl halides is 1. The number of ether oxygens (including phenoxy) is 1. The first-order valence-corrected chi connectivity index (χ1v) is 22.3. The van der Waals surface area contributed by atoms with Gasteiger partial charge >= 0.3 is 0 Å². The lowest BCUT2D eigenvalue weighted by atomic mass is 9.85. The Balaban J connectivity index is 0.994. The van der Waals surface area contributed by atoms with Crippen LogP contribution in [0.1, 0.15) is 51.5 Å². The molecule has 0 saturated carbocycles. The van der Waals surface area contributed by atoms with Crippen LogP contribution in [0.4, 0.5) is 16.0 Å². The predicted molar refractivity (Wildman–Crippen MR) is 220 cm³/mol.